The van der Waals surface area contributed by atoms with E-state index in [9.17, 15) is 8.42 Å². The number of nitrogens with zero attached hydrogens (tertiary/aromatic N) is 2. The number of benzene rings is 1. The molecule has 2 unspecified atom stereocenters. The molecule has 0 radical (unpaired) electrons. The van der Waals surface area contributed by atoms with Crippen LogP contribution in [0, 0.1) is 0 Å². The fraction of sp³-hybridized carbons (Fsp3) is 0.350. The van der Waals surface area contributed by atoms with Gasteiger partial charge in [0.1, 0.15) is 0 Å². The Morgan fingerprint density at radius 1 is 1.32 bits per heavy atom. The van der Waals surface area contributed by atoms with Gasteiger partial charge in [0, 0.05) is 17.6 Å². The van der Waals surface area contributed by atoms with Gasteiger partial charge in [-0.25, -0.2) is 8.42 Å². The number of aromatic nitrogens is 1. The maximum absolute atomic E-state index is 12.9. The molecule has 1 aromatic heterocycles. The van der Waals surface area contributed by atoms with Crippen LogP contribution in [0.15, 0.2) is 59.7 Å². The molecule has 132 valence electrons. The first kappa shape index (κ1) is 17.8. The van der Waals surface area contributed by atoms with E-state index in [-0.39, 0.29) is 6.04 Å². The van der Waals surface area contributed by atoms with Gasteiger partial charge in [0.25, 0.3) is 0 Å². The molecule has 0 spiro atoms. The molecule has 0 saturated carbocycles. The number of hydrogen-bond acceptors (Lipinski definition) is 4. The fourth-order valence-electron chi connectivity index (χ4n) is 3.13. The van der Waals surface area contributed by atoms with E-state index in [2.05, 4.69) is 36.8 Å². The summed E-state index contributed by atoms with van der Waals surface area (Å²) in [6.45, 7) is 5.20. The minimum atomic E-state index is -3.42. The Hall–Kier alpha value is -1.98. The predicted molar refractivity (Wildman–Crippen MR) is 102 cm³/mol. The maximum atomic E-state index is 12.9. The molecule has 25 heavy (non-hydrogen) atoms. The summed E-state index contributed by atoms with van der Waals surface area (Å²) < 4.78 is 25.7. The lowest BCUT2D eigenvalue weighted by atomic mass is 10.0. The summed E-state index contributed by atoms with van der Waals surface area (Å²) >= 11 is 0. The van der Waals surface area contributed by atoms with E-state index >= 15 is 0 Å². The molecule has 0 saturated heterocycles. The van der Waals surface area contributed by atoms with Gasteiger partial charge >= 0.3 is 0 Å². The zero-order valence-corrected chi connectivity index (χ0v) is 15.7. The number of hydrogen-bond donors (Lipinski definition) is 0. The molecule has 5 heteroatoms. The van der Waals surface area contributed by atoms with E-state index < -0.39 is 15.1 Å². The van der Waals surface area contributed by atoms with Crippen molar-refractivity contribution < 1.29 is 8.42 Å². The zero-order valence-electron chi connectivity index (χ0n) is 14.9. The van der Waals surface area contributed by atoms with Crippen molar-refractivity contribution in [2.75, 3.05) is 13.6 Å². The third-order valence-electron chi connectivity index (χ3n) is 5.00. The second-order valence-corrected chi connectivity index (χ2v) is 8.64. The first-order chi connectivity index (χ1) is 11.9. The Bertz CT molecular complexity index is 932. The van der Waals surface area contributed by atoms with Crippen LogP contribution in [0.2, 0.25) is 0 Å². The molecule has 1 aliphatic carbocycles. The highest BCUT2D eigenvalue weighted by Crippen LogP contribution is 2.29. The number of para-hydroxylation sites is 1. The van der Waals surface area contributed by atoms with E-state index in [4.69, 9.17) is 0 Å². The summed E-state index contributed by atoms with van der Waals surface area (Å²) in [5.41, 5.74) is 1.99. The lowest BCUT2D eigenvalue weighted by Crippen LogP contribution is -2.22. The molecule has 1 heterocycles. The monoisotopic (exact) mass is 356 g/mol. The summed E-state index contributed by atoms with van der Waals surface area (Å²) in [6.07, 6.45) is 9.32. The summed E-state index contributed by atoms with van der Waals surface area (Å²) in [5.74, 6) is 0. The highest BCUT2D eigenvalue weighted by molar-refractivity contribution is 7.92. The highest BCUT2D eigenvalue weighted by Gasteiger charge is 2.26. The molecule has 0 fully saturated rings. The first-order valence-electron chi connectivity index (χ1n) is 8.61. The molecule has 0 bridgehead atoms. The number of pyridine rings is 1. The molecule has 0 amide bonds. The third-order valence-corrected chi connectivity index (χ3v) is 7.02. The van der Waals surface area contributed by atoms with Crippen LogP contribution in [-0.4, -0.2) is 37.1 Å². The quantitative estimate of drug-likeness (QED) is 0.815. The molecule has 4 nitrogen and oxygen atoms in total. The average Bonchev–Trinajstić information content (AvgIpc) is 2.66. The zero-order chi connectivity index (χ0) is 18.0. The van der Waals surface area contributed by atoms with Crippen molar-refractivity contribution in [3.05, 3.63) is 60.3 Å². The van der Waals surface area contributed by atoms with Gasteiger partial charge in [0.15, 0.2) is 9.84 Å². The SMILES string of the molecule is CCN(C)C(C)c1cccc2cc(S(=O)(=O)C3C=CC=CC3)cnc12. The molecule has 0 N–H and O–H groups in total. The summed E-state index contributed by atoms with van der Waals surface area (Å²) in [5, 5.41) is 0.357. The van der Waals surface area contributed by atoms with E-state index in [1.165, 1.54) is 6.20 Å². The van der Waals surface area contributed by atoms with Crippen molar-refractivity contribution >= 4 is 20.7 Å². The smallest absolute Gasteiger partial charge is 0.186 e. The van der Waals surface area contributed by atoms with Gasteiger partial charge in [0.2, 0.25) is 0 Å². The van der Waals surface area contributed by atoms with Gasteiger partial charge in [-0.1, -0.05) is 49.4 Å². The van der Waals surface area contributed by atoms with Crippen molar-refractivity contribution in [3.63, 3.8) is 0 Å². The molecular formula is C20H24N2O2S. The molecule has 1 aliphatic rings. The van der Waals surface area contributed by atoms with E-state index in [1.54, 1.807) is 18.2 Å². The largest absolute Gasteiger partial charge is 0.300 e. The van der Waals surface area contributed by atoms with Gasteiger partial charge < -0.3 is 0 Å². The lowest BCUT2D eigenvalue weighted by molar-refractivity contribution is 0.277. The van der Waals surface area contributed by atoms with Crippen LogP contribution in [0.25, 0.3) is 10.9 Å². The van der Waals surface area contributed by atoms with Crippen LogP contribution in [0.3, 0.4) is 0 Å². The summed E-state index contributed by atoms with van der Waals surface area (Å²) in [7, 11) is -1.34. The Morgan fingerprint density at radius 2 is 2.12 bits per heavy atom. The maximum Gasteiger partial charge on any atom is 0.186 e. The Labute approximate surface area is 149 Å². The lowest BCUT2D eigenvalue weighted by Gasteiger charge is -2.24. The van der Waals surface area contributed by atoms with E-state index in [0.29, 0.717) is 11.3 Å². The Balaban J connectivity index is 2.04. The number of rotatable bonds is 5. The van der Waals surface area contributed by atoms with Crippen LogP contribution >= 0.6 is 0 Å². The second kappa shape index (κ2) is 7.10. The minimum Gasteiger partial charge on any atom is -0.300 e. The van der Waals surface area contributed by atoms with Gasteiger partial charge in [-0.2, -0.15) is 0 Å². The average molecular weight is 356 g/mol. The van der Waals surface area contributed by atoms with Gasteiger partial charge in [-0.05, 0) is 38.6 Å². The van der Waals surface area contributed by atoms with Gasteiger partial charge in [-0.3, -0.25) is 9.88 Å². The fourth-order valence-corrected chi connectivity index (χ4v) is 4.63. The van der Waals surface area contributed by atoms with Crippen LogP contribution in [0.4, 0.5) is 0 Å². The van der Waals surface area contributed by atoms with Crippen molar-refractivity contribution in [2.45, 2.75) is 36.5 Å². The minimum absolute atomic E-state index is 0.218. The van der Waals surface area contributed by atoms with Crippen LogP contribution in [0.1, 0.15) is 31.9 Å². The number of fused-ring (bicyclic) bond motifs is 1. The Kier molecular flexibility index (Phi) is 5.06. The normalized spacial score (nSPS) is 18.8. The number of allylic oxidation sites excluding steroid dienone is 3. The van der Waals surface area contributed by atoms with Crippen LogP contribution in [0.5, 0.6) is 0 Å². The van der Waals surface area contributed by atoms with Gasteiger partial charge in [-0.15, -0.1) is 0 Å². The van der Waals surface area contributed by atoms with Crippen molar-refractivity contribution in [1.29, 1.82) is 0 Å². The standard InChI is InChI=1S/C20H24N2O2S/c1-4-22(3)15(2)19-12-8-9-16-13-18(14-21-20(16)19)25(23,24)17-10-6-5-7-11-17/h5-10,12-15,17H,4,11H2,1-3H3. The topological polar surface area (TPSA) is 50.3 Å². The van der Waals surface area contributed by atoms with Gasteiger partial charge in [0.05, 0.1) is 15.7 Å². The molecular weight excluding hydrogens is 332 g/mol. The number of sulfone groups is 1. The second-order valence-electron chi connectivity index (χ2n) is 6.47. The summed E-state index contributed by atoms with van der Waals surface area (Å²) in [4.78, 5) is 7.06. The molecule has 1 aromatic carbocycles. The molecule has 2 atom stereocenters. The van der Waals surface area contributed by atoms with Crippen molar-refractivity contribution in [2.24, 2.45) is 0 Å². The van der Waals surface area contributed by atoms with E-state index in [0.717, 1.165) is 23.0 Å². The highest BCUT2D eigenvalue weighted by atomic mass is 32.2. The Morgan fingerprint density at radius 3 is 2.80 bits per heavy atom. The van der Waals surface area contributed by atoms with E-state index in [1.807, 2.05) is 24.3 Å². The predicted octanol–water partition coefficient (Wildman–Crippen LogP) is 3.91. The van der Waals surface area contributed by atoms with Crippen LogP contribution in [-0.2, 0) is 9.84 Å². The summed E-state index contributed by atoms with van der Waals surface area (Å²) in [6, 6.07) is 7.94. The first-order valence-corrected chi connectivity index (χ1v) is 10.2. The molecule has 3 rings (SSSR count). The van der Waals surface area contributed by atoms with Crippen molar-refractivity contribution in [3.8, 4) is 0 Å². The van der Waals surface area contributed by atoms with Crippen LogP contribution < -0.4 is 0 Å². The van der Waals surface area contributed by atoms with Crippen molar-refractivity contribution in [1.82, 2.24) is 9.88 Å². The molecule has 0 aliphatic heterocycles. The molecule has 2 aromatic rings. The third kappa shape index (κ3) is 3.39.